The zero-order valence-electron chi connectivity index (χ0n) is 15.0. The summed E-state index contributed by atoms with van der Waals surface area (Å²) in [5, 5.41) is 0. The third kappa shape index (κ3) is 3.64. The lowest BCUT2D eigenvalue weighted by Crippen LogP contribution is -2.59. The van der Waals surface area contributed by atoms with Gasteiger partial charge in [-0.3, -0.25) is 14.3 Å². The molecule has 1 aliphatic rings. The number of rotatable bonds is 5. The second-order valence-electron chi connectivity index (χ2n) is 6.74. The van der Waals surface area contributed by atoms with Crippen molar-refractivity contribution in [2.75, 3.05) is 13.1 Å². The topological polar surface area (TPSA) is 93.4 Å². The molecule has 1 N–H and O–H groups in total. The van der Waals surface area contributed by atoms with Crippen molar-refractivity contribution in [2.24, 2.45) is 14.1 Å². The normalized spacial score (nSPS) is 15.8. The summed E-state index contributed by atoms with van der Waals surface area (Å²) in [4.78, 5) is 26.1. The van der Waals surface area contributed by atoms with E-state index in [-0.39, 0.29) is 22.2 Å². The zero-order chi connectivity index (χ0) is 19.1. The molecule has 8 nitrogen and oxygen atoms in total. The second-order valence-corrected chi connectivity index (χ2v) is 8.45. The van der Waals surface area contributed by atoms with E-state index in [0.717, 1.165) is 10.1 Å². The highest BCUT2D eigenvalue weighted by Gasteiger charge is 2.31. The van der Waals surface area contributed by atoms with Crippen molar-refractivity contribution in [1.82, 2.24) is 18.8 Å². The van der Waals surface area contributed by atoms with Crippen LogP contribution in [0.25, 0.3) is 0 Å². The maximum absolute atomic E-state index is 12.4. The summed E-state index contributed by atoms with van der Waals surface area (Å²) >= 11 is 0. The Bertz CT molecular complexity index is 1030. The van der Waals surface area contributed by atoms with Crippen LogP contribution in [0.1, 0.15) is 11.1 Å². The zero-order valence-corrected chi connectivity index (χ0v) is 15.8. The lowest BCUT2D eigenvalue weighted by Gasteiger charge is -2.39. The molecule has 26 heavy (non-hydrogen) atoms. The molecule has 1 aliphatic heterocycles. The van der Waals surface area contributed by atoms with Crippen molar-refractivity contribution in [3.63, 3.8) is 0 Å². The molecule has 1 saturated heterocycles. The van der Waals surface area contributed by atoms with Gasteiger partial charge in [0.2, 0.25) is 10.0 Å². The van der Waals surface area contributed by atoms with Gasteiger partial charge in [-0.05, 0) is 19.1 Å². The molecule has 9 heteroatoms. The van der Waals surface area contributed by atoms with Gasteiger partial charge in [-0.1, -0.05) is 17.7 Å². The minimum Gasteiger partial charge on any atom is -0.303 e. The highest BCUT2D eigenvalue weighted by atomic mass is 32.2. The molecule has 0 unspecified atom stereocenters. The van der Waals surface area contributed by atoms with Crippen LogP contribution in [0.3, 0.4) is 0 Å². The minimum atomic E-state index is -3.55. The molecule has 2 heterocycles. The lowest BCUT2D eigenvalue weighted by atomic mass is 10.1. The highest BCUT2D eigenvalue weighted by Crippen LogP contribution is 2.15. The quantitative estimate of drug-likeness (QED) is 0.761. The molecule has 0 bridgehead atoms. The number of benzene rings is 1. The van der Waals surface area contributed by atoms with Gasteiger partial charge in [-0.15, -0.1) is 0 Å². The summed E-state index contributed by atoms with van der Waals surface area (Å²) in [6.07, 6.45) is 1.54. The highest BCUT2D eigenvalue weighted by molar-refractivity contribution is 7.89. The van der Waals surface area contributed by atoms with E-state index >= 15 is 0 Å². The van der Waals surface area contributed by atoms with E-state index in [1.807, 2.05) is 11.8 Å². The monoisotopic (exact) mass is 378 g/mol. The summed E-state index contributed by atoms with van der Waals surface area (Å²) < 4.78 is 29.9. The third-order valence-corrected chi connectivity index (χ3v) is 6.06. The van der Waals surface area contributed by atoms with Crippen molar-refractivity contribution in [3.05, 3.63) is 62.4 Å². The van der Waals surface area contributed by atoms with Crippen LogP contribution < -0.4 is 16.0 Å². The van der Waals surface area contributed by atoms with Crippen molar-refractivity contribution < 1.29 is 8.42 Å². The van der Waals surface area contributed by atoms with Crippen molar-refractivity contribution in [2.45, 2.75) is 24.4 Å². The smallest absolute Gasteiger partial charge is 0.303 e. The minimum absolute atomic E-state index is 0.197. The fourth-order valence-electron chi connectivity index (χ4n) is 3.01. The number of nitrogens with one attached hydrogen (secondary N) is 1. The molecule has 0 atom stereocenters. The van der Waals surface area contributed by atoms with E-state index in [4.69, 9.17) is 0 Å². The lowest BCUT2D eigenvalue weighted by molar-refractivity contribution is 0.131. The Morgan fingerprint density at radius 1 is 1.12 bits per heavy atom. The van der Waals surface area contributed by atoms with Crippen LogP contribution in [0.2, 0.25) is 0 Å². The van der Waals surface area contributed by atoms with Gasteiger partial charge in [0.05, 0.1) is 4.90 Å². The Morgan fingerprint density at radius 2 is 1.73 bits per heavy atom. The predicted octanol–water partition coefficient (Wildman–Crippen LogP) is -0.445. The molecule has 0 amide bonds. The Balaban J connectivity index is 1.62. The number of sulfonamides is 1. The fraction of sp³-hybridized carbons (Fsp3) is 0.412. The first-order valence-electron chi connectivity index (χ1n) is 8.24. The van der Waals surface area contributed by atoms with Gasteiger partial charge in [0.25, 0.3) is 5.56 Å². The summed E-state index contributed by atoms with van der Waals surface area (Å²) in [6, 6.07) is 6.50. The van der Waals surface area contributed by atoms with Crippen molar-refractivity contribution in [1.29, 1.82) is 0 Å². The number of hydrogen-bond acceptors (Lipinski definition) is 5. The molecule has 1 fully saturated rings. The Hall–Kier alpha value is -2.23. The van der Waals surface area contributed by atoms with Crippen LogP contribution in [0, 0.1) is 6.92 Å². The molecule has 2 aromatic rings. The van der Waals surface area contributed by atoms with Gasteiger partial charge in [0.1, 0.15) is 0 Å². The van der Waals surface area contributed by atoms with E-state index in [0.29, 0.717) is 25.2 Å². The number of nitrogens with zero attached hydrogens (tertiary/aromatic N) is 3. The maximum atomic E-state index is 12.4. The largest absolute Gasteiger partial charge is 0.330 e. The maximum Gasteiger partial charge on any atom is 0.330 e. The number of aromatic nitrogens is 2. The Kier molecular flexibility index (Phi) is 4.87. The first kappa shape index (κ1) is 18.6. The van der Waals surface area contributed by atoms with E-state index in [2.05, 4.69) is 4.72 Å². The summed E-state index contributed by atoms with van der Waals surface area (Å²) in [6.45, 7) is 3.30. The molecule has 0 radical (unpaired) electrons. The Labute approximate surface area is 151 Å². The first-order valence-corrected chi connectivity index (χ1v) is 9.72. The summed E-state index contributed by atoms with van der Waals surface area (Å²) in [5.74, 6) is 0. The van der Waals surface area contributed by atoms with E-state index in [9.17, 15) is 18.0 Å². The van der Waals surface area contributed by atoms with Gasteiger partial charge in [-0.25, -0.2) is 17.9 Å². The van der Waals surface area contributed by atoms with E-state index in [1.165, 1.54) is 17.8 Å². The van der Waals surface area contributed by atoms with Gasteiger partial charge >= 0.3 is 5.69 Å². The molecule has 1 aromatic heterocycles. The molecule has 0 aliphatic carbocycles. The van der Waals surface area contributed by atoms with Crippen LogP contribution in [0.15, 0.2) is 44.9 Å². The second kappa shape index (κ2) is 6.82. The first-order chi connectivity index (χ1) is 12.2. The fourth-order valence-corrected chi connectivity index (χ4v) is 4.23. The average Bonchev–Trinajstić information content (AvgIpc) is 2.55. The molecular formula is C17H22N4O4S. The number of aryl methyl sites for hydroxylation is 2. The average molecular weight is 378 g/mol. The van der Waals surface area contributed by atoms with Crippen LogP contribution >= 0.6 is 0 Å². The van der Waals surface area contributed by atoms with Gasteiger partial charge in [0.15, 0.2) is 0 Å². The SMILES string of the molecule is Cc1ccc(S(=O)(=O)NC2CN(Cc3cn(C)c(=O)n(C)c3=O)C2)cc1. The number of hydrogen-bond donors (Lipinski definition) is 1. The molecule has 0 spiro atoms. The molecule has 0 saturated carbocycles. The van der Waals surface area contributed by atoms with Crippen molar-refractivity contribution >= 4 is 10.0 Å². The predicted molar refractivity (Wildman–Crippen MR) is 97.5 cm³/mol. The molecule has 140 valence electrons. The van der Waals surface area contributed by atoms with E-state index in [1.54, 1.807) is 31.3 Å². The van der Waals surface area contributed by atoms with Crippen LogP contribution in [-0.2, 0) is 30.7 Å². The van der Waals surface area contributed by atoms with Crippen LogP contribution in [0.5, 0.6) is 0 Å². The van der Waals surface area contributed by atoms with Gasteiger partial charge in [-0.2, -0.15) is 0 Å². The summed E-state index contributed by atoms with van der Waals surface area (Å²) in [7, 11) is -0.504. The number of likely N-dealkylation sites (tertiary alicyclic amines) is 1. The van der Waals surface area contributed by atoms with E-state index < -0.39 is 10.0 Å². The van der Waals surface area contributed by atoms with Crippen molar-refractivity contribution in [3.8, 4) is 0 Å². The standard InChI is InChI=1S/C17H22N4O4S/c1-12-4-6-15(7-5-12)26(24,25)18-14-10-21(11-14)9-13-8-19(2)17(23)20(3)16(13)22/h4-8,14,18H,9-11H2,1-3H3. The van der Waals surface area contributed by atoms with Crippen LogP contribution in [0.4, 0.5) is 0 Å². The van der Waals surface area contributed by atoms with Gasteiger partial charge in [0, 0.05) is 51.5 Å². The summed E-state index contributed by atoms with van der Waals surface area (Å²) in [5.41, 5.74) is 0.815. The van der Waals surface area contributed by atoms with Gasteiger partial charge < -0.3 is 4.57 Å². The van der Waals surface area contributed by atoms with Crippen LogP contribution in [-0.4, -0.2) is 41.6 Å². The third-order valence-electron chi connectivity index (χ3n) is 4.52. The molecule has 1 aromatic carbocycles. The Morgan fingerprint density at radius 3 is 2.35 bits per heavy atom. The molecule has 3 rings (SSSR count). The molecular weight excluding hydrogens is 356 g/mol.